The maximum absolute atomic E-state index is 12.3. The predicted octanol–water partition coefficient (Wildman–Crippen LogP) is 3.49. The Bertz CT molecular complexity index is 640. The molecule has 1 N–H and O–H groups in total. The number of carbonyl (C=O) groups is 2. The number of rotatable bonds is 3. The zero-order valence-electron chi connectivity index (χ0n) is 14.2. The van der Waals surface area contributed by atoms with Crippen molar-refractivity contribution in [3.63, 3.8) is 0 Å². The first kappa shape index (κ1) is 18.6. The fourth-order valence-corrected chi connectivity index (χ4v) is 3.32. The molecule has 0 spiro atoms. The van der Waals surface area contributed by atoms with Crippen LogP contribution in [0.2, 0.25) is 0 Å². The fourth-order valence-electron chi connectivity index (χ4n) is 2.78. The summed E-state index contributed by atoms with van der Waals surface area (Å²) >= 11 is 3.47. The van der Waals surface area contributed by atoms with Crippen LogP contribution in [0.5, 0.6) is 5.75 Å². The van der Waals surface area contributed by atoms with Gasteiger partial charge < -0.3 is 19.5 Å². The van der Waals surface area contributed by atoms with Crippen molar-refractivity contribution >= 4 is 28.0 Å². The number of carbonyl (C=O) groups excluding carboxylic acids is 1. The Hall–Kier alpha value is -1.76. The highest BCUT2D eigenvalue weighted by molar-refractivity contribution is 9.10. The van der Waals surface area contributed by atoms with E-state index in [9.17, 15) is 14.7 Å². The van der Waals surface area contributed by atoms with Crippen molar-refractivity contribution in [2.75, 3.05) is 20.2 Å². The first-order chi connectivity index (χ1) is 11.1. The Balaban J connectivity index is 2.29. The third-order valence-corrected chi connectivity index (χ3v) is 4.61. The van der Waals surface area contributed by atoms with Crippen LogP contribution in [0.3, 0.4) is 0 Å². The fraction of sp³-hybridized carbons (Fsp3) is 0.529. The minimum Gasteiger partial charge on any atom is -0.497 e. The lowest BCUT2D eigenvalue weighted by Gasteiger charge is -2.24. The van der Waals surface area contributed by atoms with Gasteiger partial charge in [-0.15, -0.1) is 0 Å². The average molecular weight is 400 g/mol. The van der Waals surface area contributed by atoms with Gasteiger partial charge in [0.2, 0.25) is 0 Å². The van der Waals surface area contributed by atoms with Gasteiger partial charge in [-0.25, -0.2) is 4.79 Å². The van der Waals surface area contributed by atoms with Crippen molar-refractivity contribution in [3.8, 4) is 5.75 Å². The van der Waals surface area contributed by atoms with Crippen molar-refractivity contribution < 1.29 is 24.2 Å². The lowest BCUT2D eigenvalue weighted by molar-refractivity contribution is -0.141. The molecule has 1 aliphatic rings. The molecule has 6 nitrogen and oxygen atoms in total. The Kier molecular flexibility index (Phi) is 5.42. The summed E-state index contributed by atoms with van der Waals surface area (Å²) in [5, 5.41) is 9.57. The predicted molar refractivity (Wildman–Crippen MR) is 92.4 cm³/mol. The second-order valence-corrected chi connectivity index (χ2v) is 7.68. The summed E-state index contributed by atoms with van der Waals surface area (Å²) in [5.74, 6) is -1.31. The number of halogens is 1. The molecule has 0 saturated carbocycles. The first-order valence-electron chi connectivity index (χ1n) is 7.66. The molecule has 24 heavy (non-hydrogen) atoms. The molecule has 1 amide bonds. The number of hydrogen-bond donors (Lipinski definition) is 1. The van der Waals surface area contributed by atoms with E-state index in [1.54, 1.807) is 33.9 Å². The third-order valence-electron chi connectivity index (χ3n) is 3.89. The van der Waals surface area contributed by atoms with E-state index in [1.807, 2.05) is 12.1 Å². The minimum atomic E-state index is -0.930. The summed E-state index contributed by atoms with van der Waals surface area (Å²) in [6.45, 7) is 5.76. The number of hydrogen-bond acceptors (Lipinski definition) is 4. The van der Waals surface area contributed by atoms with Crippen LogP contribution in [0.15, 0.2) is 22.7 Å². The zero-order valence-corrected chi connectivity index (χ0v) is 15.8. The van der Waals surface area contributed by atoms with Gasteiger partial charge in [0.1, 0.15) is 11.4 Å². The molecule has 1 aromatic rings. The van der Waals surface area contributed by atoms with E-state index in [0.717, 1.165) is 10.0 Å². The molecule has 0 radical (unpaired) electrons. The summed E-state index contributed by atoms with van der Waals surface area (Å²) in [7, 11) is 1.56. The summed E-state index contributed by atoms with van der Waals surface area (Å²) in [4.78, 5) is 25.4. The van der Waals surface area contributed by atoms with Crippen LogP contribution in [-0.2, 0) is 9.53 Å². The van der Waals surface area contributed by atoms with Crippen molar-refractivity contribution in [1.29, 1.82) is 0 Å². The molecule has 2 rings (SSSR count). The SMILES string of the molecule is COc1ccc(Br)c(C2CN(C(=O)OC(C)(C)C)CC2C(=O)O)c1. The van der Waals surface area contributed by atoms with Gasteiger partial charge in [0.15, 0.2) is 0 Å². The zero-order chi connectivity index (χ0) is 18.1. The van der Waals surface area contributed by atoms with E-state index in [-0.39, 0.29) is 19.0 Å². The van der Waals surface area contributed by atoms with E-state index < -0.39 is 23.6 Å². The van der Waals surface area contributed by atoms with Crippen molar-refractivity contribution in [2.24, 2.45) is 5.92 Å². The molecule has 1 aliphatic heterocycles. The number of methoxy groups -OCH3 is 1. The first-order valence-corrected chi connectivity index (χ1v) is 8.46. The Labute approximate surface area is 149 Å². The van der Waals surface area contributed by atoms with Gasteiger partial charge in [-0.05, 0) is 44.5 Å². The molecule has 2 atom stereocenters. The molecule has 132 valence electrons. The molecule has 0 aliphatic carbocycles. The van der Waals surface area contributed by atoms with Crippen LogP contribution in [-0.4, -0.2) is 47.9 Å². The van der Waals surface area contributed by atoms with E-state index >= 15 is 0 Å². The molecule has 7 heteroatoms. The second-order valence-electron chi connectivity index (χ2n) is 6.82. The highest BCUT2D eigenvalue weighted by Crippen LogP contribution is 2.38. The number of nitrogens with zero attached hydrogens (tertiary/aromatic N) is 1. The van der Waals surface area contributed by atoms with Gasteiger partial charge in [0, 0.05) is 23.5 Å². The number of benzene rings is 1. The minimum absolute atomic E-state index is 0.124. The van der Waals surface area contributed by atoms with Crippen molar-refractivity contribution in [2.45, 2.75) is 32.3 Å². The molecular formula is C17H22BrNO5. The number of carboxylic acids is 1. The van der Waals surface area contributed by atoms with Gasteiger partial charge in [-0.3, -0.25) is 4.79 Å². The molecule has 1 saturated heterocycles. The molecular weight excluding hydrogens is 378 g/mol. The summed E-state index contributed by atoms with van der Waals surface area (Å²) < 4.78 is 11.4. The second kappa shape index (κ2) is 7.01. The van der Waals surface area contributed by atoms with Gasteiger partial charge >= 0.3 is 12.1 Å². The number of aliphatic carboxylic acids is 1. The smallest absolute Gasteiger partial charge is 0.410 e. The monoisotopic (exact) mass is 399 g/mol. The van der Waals surface area contributed by atoms with E-state index in [0.29, 0.717) is 5.75 Å². The highest BCUT2D eigenvalue weighted by atomic mass is 79.9. The lowest BCUT2D eigenvalue weighted by atomic mass is 9.89. The van der Waals surface area contributed by atoms with Crippen LogP contribution < -0.4 is 4.74 Å². The average Bonchev–Trinajstić information content (AvgIpc) is 2.91. The van der Waals surface area contributed by atoms with Gasteiger partial charge in [-0.1, -0.05) is 15.9 Å². The lowest BCUT2D eigenvalue weighted by Crippen LogP contribution is -2.35. The largest absolute Gasteiger partial charge is 0.497 e. The van der Waals surface area contributed by atoms with Gasteiger partial charge in [0.25, 0.3) is 0 Å². The normalized spacial score (nSPS) is 20.8. The van der Waals surface area contributed by atoms with E-state index in [1.165, 1.54) is 4.90 Å². The quantitative estimate of drug-likeness (QED) is 0.841. The van der Waals surface area contributed by atoms with Gasteiger partial charge in [-0.2, -0.15) is 0 Å². The molecule has 0 bridgehead atoms. The van der Waals surface area contributed by atoms with Crippen LogP contribution in [0.1, 0.15) is 32.3 Å². The van der Waals surface area contributed by atoms with E-state index in [4.69, 9.17) is 9.47 Å². The molecule has 1 aromatic carbocycles. The summed E-state index contributed by atoms with van der Waals surface area (Å²) in [6, 6.07) is 5.43. The van der Waals surface area contributed by atoms with Crippen molar-refractivity contribution in [1.82, 2.24) is 4.90 Å². The summed E-state index contributed by atoms with van der Waals surface area (Å²) in [5.41, 5.74) is 0.192. The standard InChI is InChI=1S/C17H22BrNO5/c1-17(2,3)24-16(22)19-8-12(13(9-19)15(20)21)11-7-10(23-4)5-6-14(11)18/h5-7,12-13H,8-9H2,1-4H3,(H,20,21). The highest BCUT2D eigenvalue weighted by Gasteiger charge is 2.42. The topological polar surface area (TPSA) is 76.1 Å². The summed E-state index contributed by atoms with van der Waals surface area (Å²) in [6.07, 6.45) is -0.490. The van der Waals surface area contributed by atoms with Crippen LogP contribution in [0.4, 0.5) is 4.79 Å². The van der Waals surface area contributed by atoms with Crippen LogP contribution >= 0.6 is 15.9 Å². The van der Waals surface area contributed by atoms with Gasteiger partial charge in [0.05, 0.1) is 13.0 Å². The van der Waals surface area contributed by atoms with Crippen LogP contribution in [0, 0.1) is 5.92 Å². The van der Waals surface area contributed by atoms with Crippen molar-refractivity contribution in [3.05, 3.63) is 28.2 Å². The number of ether oxygens (including phenoxy) is 2. The molecule has 1 fully saturated rings. The number of amides is 1. The molecule has 0 aromatic heterocycles. The Morgan fingerprint density at radius 2 is 1.96 bits per heavy atom. The molecule has 1 heterocycles. The Morgan fingerprint density at radius 1 is 1.29 bits per heavy atom. The maximum Gasteiger partial charge on any atom is 0.410 e. The number of likely N-dealkylation sites (tertiary alicyclic amines) is 1. The molecule has 2 unspecified atom stereocenters. The van der Waals surface area contributed by atoms with Crippen LogP contribution in [0.25, 0.3) is 0 Å². The maximum atomic E-state index is 12.3. The number of carboxylic acid groups (broad SMARTS) is 1. The Morgan fingerprint density at radius 3 is 2.50 bits per heavy atom. The third kappa shape index (κ3) is 4.20. The van der Waals surface area contributed by atoms with E-state index in [2.05, 4.69) is 15.9 Å².